The molecule has 0 saturated heterocycles. The van der Waals surface area contributed by atoms with Crippen molar-refractivity contribution in [2.45, 2.75) is 0 Å². The van der Waals surface area contributed by atoms with Gasteiger partial charge in [0.05, 0.1) is 14.2 Å². The van der Waals surface area contributed by atoms with Crippen molar-refractivity contribution in [2.75, 3.05) is 19.5 Å². The Morgan fingerprint density at radius 3 is 2.64 bits per heavy atom. The average molecular weight is 360 g/mol. The maximum absolute atomic E-state index is 12.2. The third kappa shape index (κ3) is 2.60. The van der Waals surface area contributed by atoms with E-state index in [-0.39, 0.29) is 5.91 Å². The second kappa shape index (κ2) is 5.85. The number of nitrogens with one attached hydrogen (secondary N) is 1. The van der Waals surface area contributed by atoms with E-state index in [1.54, 1.807) is 14.2 Å². The highest BCUT2D eigenvalue weighted by Crippen LogP contribution is 2.36. The third-order valence-corrected chi connectivity index (χ3v) is 3.99. The molecule has 0 atom stereocenters. The molecule has 0 spiro atoms. The van der Waals surface area contributed by atoms with E-state index in [9.17, 15) is 4.79 Å². The molecule has 1 aliphatic rings. The number of carbonyl (C=O) groups is 1. The quantitative estimate of drug-likeness (QED) is 0.843. The number of amides is 1. The maximum Gasteiger partial charge on any atom is 0.256 e. The smallest absolute Gasteiger partial charge is 0.256 e. The summed E-state index contributed by atoms with van der Waals surface area (Å²) in [6.45, 7) is 0. The zero-order chi connectivity index (χ0) is 15.7. The third-order valence-electron chi connectivity index (χ3n) is 3.50. The summed E-state index contributed by atoms with van der Waals surface area (Å²) < 4.78 is 11.5. The normalized spacial score (nSPS) is 14.7. The van der Waals surface area contributed by atoms with E-state index in [1.807, 2.05) is 42.5 Å². The number of halogens is 1. The highest BCUT2D eigenvalue weighted by molar-refractivity contribution is 9.10. The van der Waals surface area contributed by atoms with Crippen LogP contribution in [0.1, 0.15) is 11.1 Å². The summed E-state index contributed by atoms with van der Waals surface area (Å²) in [5.41, 5.74) is 3.06. The second-order valence-electron chi connectivity index (χ2n) is 4.81. The fraction of sp³-hybridized carbons (Fsp3) is 0.118. The number of hydrogen-bond donors (Lipinski definition) is 1. The van der Waals surface area contributed by atoms with Gasteiger partial charge in [-0.25, -0.2) is 0 Å². The summed E-state index contributed by atoms with van der Waals surface area (Å²) in [7, 11) is 3.20. The maximum atomic E-state index is 12.2. The highest BCUT2D eigenvalue weighted by Gasteiger charge is 2.24. The molecule has 1 aliphatic heterocycles. The molecule has 0 bridgehead atoms. The van der Waals surface area contributed by atoms with Crippen LogP contribution in [0.5, 0.6) is 11.5 Å². The minimum atomic E-state index is -0.127. The number of anilines is 1. The molecule has 1 heterocycles. The van der Waals surface area contributed by atoms with Gasteiger partial charge in [-0.1, -0.05) is 15.9 Å². The van der Waals surface area contributed by atoms with Gasteiger partial charge < -0.3 is 14.8 Å². The Labute approximate surface area is 136 Å². The van der Waals surface area contributed by atoms with Crippen LogP contribution in [0.2, 0.25) is 0 Å². The summed E-state index contributed by atoms with van der Waals surface area (Å²) in [4.78, 5) is 12.2. The molecule has 2 aromatic carbocycles. The van der Waals surface area contributed by atoms with Crippen LogP contribution >= 0.6 is 15.9 Å². The van der Waals surface area contributed by atoms with E-state index in [2.05, 4.69) is 21.2 Å². The number of rotatable bonds is 3. The van der Waals surface area contributed by atoms with Crippen molar-refractivity contribution in [3.8, 4) is 11.5 Å². The van der Waals surface area contributed by atoms with Gasteiger partial charge in [-0.2, -0.15) is 0 Å². The topological polar surface area (TPSA) is 47.6 Å². The Morgan fingerprint density at radius 2 is 1.91 bits per heavy atom. The summed E-state index contributed by atoms with van der Waals surface area (Å²) in [5, 5.41) is 2.86. The monoisotopic (exact) mass is 359 g/mol. The first-order chi connectivity index (χ1) is 10.6. The van der Waals surface area contributed by atoms with Gasteiger partial charge in [0.1, 0.15) is 11.5 Å². The van der Waals surface area contributed by atoms with Gasteiger partial charge >= 0.3 is 0 Å². The van der Waals surface area contributed by atoms with E-state index < -0.39 is 0 Å². The molecular formula is C17H14BrNO3. The number of fused-ring (bicyclic) bond motifs is 1. The number of hydrogen-bond acceptors (Lipinski definition) is 3. The van der Waals surface area contributed by atoms with Gasteiger partial charge in [0.2, 0.25) is 0 Å². The Kier molecular flexibility index (Phi) is 3.90. The summed E-state index contributed by atoms with van der Waals surface area (Å²) >= 11 is 3.44. The van der Waals surface area contributed by atoms with Gasteiger partial charge in [0.15, 0.2) is 0 Å². The molecule has 0 unspecified atom stereocenters. The predicted molar refractivity (Wildman–Crippen MR) is 90.2 cm³/mol. The van der Waals surface area contributed by atoms with Crippen LogP contribution in [0.4, 0.5) is 5.69 Å². The van der Waals surface area contributed by atoms with Crippen molar-refractivity contribution < 1.29 is 14.3 Å². The Morgan fingerprint density at radius 1 is 1.09 bits per heavy atom. The van der Waals surface area contributed by atoms with Crippen LogP contribution in [0.3, 0.4) is 0 Å². The molecule has 0 saturated carbocycles. The van der Waals surface area contributed by atoms with Crippen LogP contribution in [-0.4, -0.2) is 20.1 Å². The zero-order valence-electron chi connectivity index (χ0n) is 12.1. The number of methoxy groups -OCH3 is 2. The Hall–Kier alpha value is -2.27. The molecule has 1 amide bonds. The lowest BCUT2D eigenvalue weighted by molar-refractivity contribution is -0.110. The fourth-order valence-electron chi connectivity index (χ4n) is 2.41. The van der Waals surface area contributed by atoms with E-state index in [0.29, 0.717) is 17.1 Å². The van der Waals surface area contributed by atoms with E-state index in [1.165, 1.54) is 0 Å². The molecular weight excluding hydrogens is 346 g/mol. The first-order valence-corrected chi connectivity index (χ1v) is 7.46. The molecule has 2 aromatic rings. The van der Waals surface area contributed by atoms with Crippen molar-refractivity contribution in [3.05, 3.63) is 52.0 Å². The van der Waals surface area contributed by atoms with Crippen molar-refractivity contribution in [1.82, 2.24) is 0 Å². The lowest BCUT2D eigenvalue weighted by atomic mass is 10.0. The second-order valence-corrected chi connectivity index (χ2v) is 5.73. The SMILES string of the molecule is COc1ccc(OC)c(C=C2C(=O)Nc3ccc(Br)cc32)c1. The van der Waals surface area contributed by atoms with Crippen LogP contribution in [0, 0.1) is 0 Å². The predicted octanol–water partition coefficient (Wildman–Crippen LogP) is 3.96. The molecule has 0 aliphatic carbocycles. The number of carbonyl (C=O) groups excluding carboxylic acids is 1. The van der Waals surface area contributed by atoms with Crippen molar-refractivity contribution in [1.29, 1.82) is 0 Å². The molecule has 0 radical (unpaired) electrons. The molecule has 1 N–H and O–H groups in total. The number of benzene rings is 2. The highest BCUT2D eigenvalue weighted by atomic mass is 79.9. The summed E-state index contributed by atoms with van der Waals surface area (Å²) in [6, 6.07) is 11.2. The first-order valence-electron chi connectivity index (χ1n) is 6.67. The molecule has 22 heavy (non-hydrogen) atoms. The summed E-state index contributed by atoms with van der Waals surface area (Å²) in [5.74, 6) is 1.27. The minimum Gasteiger partial charge on any atom is -0.497 e. The van der Waals surface area contributed by atoms with Gasteiger partial charge in [-0.05, 0) is 42.5 Å². The number of ether oxygens (including phenoxy) is 2. The van der Waals surface area contributed by atoms with Crippen LogP contribution < -0.4 is 14.8 Å². The molecule has 3 rings (SSSR count). The minimum absolute atomic E-state index is 0.127. The largest absolute Gasteiger partial charge is 0.497 e. The lowest BCUT2D eigenvalue weighted by Gasteiger charge is -2.08. The van der Waals surface area contributed by atoms with Gasteiger partial charge in [-0.15, -0.1) is 0 Å². The average Bonchev–Trinajstić information content (AvgIpc) is 2.83. The molecule has 5 heteroatoms. The molecule has 4 nitrogen and oxygen atoms in total. The zero-order valence-corrected chi connectivity index (χ0v) is 13.7. The van der Waals surface area contributed by atoms with Crippen molar-refractivity contribution in [3.63, 3.8) is 0 Å². The molecule has 0 fully saturated rings. The van der Waals surface area contributed by atoms with E-state index in [4.69, 9.17) is 9.47 Å². The van der Waals surface area contributed by atoms with Gasteiger partial charge in [0, 0.05) is 26.9 Å². The Bertz CT molecular complexity index is 783. The first kappa shape index (κ1) is 14.7. The van der Waals surface area contributed by atoms with Crippen LogP contribution in [0.25, 0.3) is 11.6 Å². The van der Waals surface area contributed by atoms with Gasteiger partial charge in [-0.3, -0.25) is 4.79 Å². The lowest BCUT2D eigenvalue weighted by Crippen LogP contribution is -2.03. The van der Waals surface area contributed by atoms with Crippen LogP contribution in [0.15, 0.2) is 40.9 Å². The molecule has 0 aromatic heterocycles. The fourth-order valence-corrected chi connectivity index (χ4v) is 2.77. The van der Waals surface area contributed by atoms with E-state index in [0.717, 1.165) is 21.3 Å². The van der Waals surface area contributed by atoms with Gasteiger partial charge in [0.25, 0.3) is 5.91 Å². The van der Waals surface area contributed by atoms with E-state index >= 15 is 0 Å². The standard InChI is InChI=1S/C17H14BrNO3/c1-21-12-4-6-16(22-2)10(7-12)8-14-13-9-11(18)3-5-15(13)19-17(14)20/h3-9H,1-2H3,(H,19,20). The van der Waals surface area contributed by atoms with Crippen molar-refractivity contribution >= 4 is 39.2 Å². The Balaban J connectivity index is 2.13. The van der Waals surface area contributed by atoms with Crippen molar-refractivity contribution in [2.24, 2.45) is 0 Å². The molecule has 112 valence electrons. The van der Waals surface area contributed by atoms with Crippen LogP contribution in [-0.2, 0) is 4.79 Å². The summed E-state index contributed by atoms with van der Waals surface area (Å²) in [6.07, 6.45) is 1.81.